The van der Waals surface area contributed by atoms with E-state index in [9.17, 15) is 4.79 Å². The summed E-state index contributed by atoms with van der Waals surface area (Å²) < 4.78 is 1.88. The summed E-state index contributed by atoms with van der Waals surface area (Å²) in [6, 6.07) is 5.66. The van der Waals surface area contributed by atoms with Gasteiger partial charge in [0.25, 0.3) is 5.56 Å². The number of halogens is 2. The van der Waals surface area contributed by atoms with E-state index in [2.05, 4.69) is 30.6 Å². The summed E-state index contributed by atoms with van der Waals surface area (Å²) in [5, 5.41) is 12.2. The average molecular weight is 490 g/mol. The van der Waals surface area contributed by atoms with E-state index in [1.165, 1.54) is 19.4 Å². The largest absolute Gasteiger partial charge is 0.352 e. The SMILES string of the molecule is O=c1[nH]c(NCc2ccc(Cl)c(Cl)c2)nc2cnn(C3CCN(CC4CCNCC4)CC3)c12. The highest BCUT2D eigenvalue weighted by Gasteiger charge is 2.26. The molecule has 10 heteroatoms. The molecule has 4 heterocycles. The van der Waals surface area contributed by atoms with Crippen molar-refractivity contribution in [1.29, 1.82) is 0 Å². The number of anilines is 1. The van der Waals surface area contributed by atoms with Gasteiger partial charge in [0.15, 0.2) is 5.52 Å². The maximum absolute atomic E-state index is 12.9. The number of nitrogens with zero attached hydrogens (tertiary/aromatic N) is 4. The lowest BCUT2D eigenvalue weighted by Gasteiger charge is -2.35. The van der Waals surface area contributed by atoms with Gasteiger partial charge in [-0.2, -0.15) is 5.10 Å². The van der Waals surface area contributed by atoms with Gasteiger partial charge in [-0.1, -0.05) is 29.3 Å². The normalized spacial score (nSPS) is 18.7. The quantitative estimate of drug-likeness (QED) is 0.489. The third-order valence-corrected chi connectivity index (χ3v) is 7.52. The average Bonchev–Trinajstić information content (AvgIpc) is 3.26. The van der Waals surface area contributed by atoms with Crippen molar-refractivity contribution < 1.29 is 0 Å². The zero-order valence-electron chi connectivity index (χ0n) is 18.5. The summed E-state index contributed by atoms with van der Waals surface area (Å²) in [4.78, 5) is 22.9. The Kier molecular flexibility index (Phi) is 6.87. The minimum Gasteiger partial charge on any atom is -0.352 e. The first kappa shape index (κ1) is 22.7. The lowest BCUT2D eigenvalue weighted by molar-refractivity contribution is 0.147. The highest BCUT2D eigenvalue weighted by Crippen LogP contribution is 2.26. The Bertz CT molecular complexity index is 1160. The van der Waals surface area contributed by atoms with E-state index in [0.29, 0.717) is 33.6 Å². The Morgan fingerprint density at radius 3 is 2.64 bits per heavy atom. The second kappa shape index (κ2) is 10.0. The number of fused-ring (bicyclic) bond motifs is 1. The first-order valence-corrected chi connectivity index (χ1v) is 12.4. The van der Waals surface area contributed by atoms with Gasteiger partial charge < -0.3 is 15.5 Å². The molecule has 3 aromatic rings. The molecule has 5 rings (SSSR count). The minimum absolute atomic E-state index is 0.175. The number of aromatic amines is 1. The smallest absolute Gasteiger partial charge is 0.278 e. The molecule has 33 heavy (non-hydrogen) atoms. The Hall–Kier alpha value is -2.13. The molecule has 2 aliphatic rings. The van der Waals surface area contributed by atoms with Gasteiger partial charge >= 0.3 is 0 Å². The van der Waals surface area contributed by atoms with E-state index in [1.54, 1.807) is 18.3 Å². The van der Waals surface area contributed by atoms with E-state index in [0.717, 1.165) is 50.5 Å². The predicted octanol–water partition coefficient (Wildman–Crippen LogP) is 3.68. The van der Waals surface area contributed by atoms with Gasteiger partial charge in [0.1, 0.15) is 5.52 Å². The van der Waals surface area contributed by atoms with Crippen molar-refractivity contribution in [3.63, 3.8) is 0 Å². The maximum Gasteiger partial charge on any atom is 0.278 e. The van der Waals surface area contributed by atoms with Crippen LogP contribution in [0.4, 0.5) is 5.95 Å². The van der Waals surface area contributed by atoms with Crippen LogP contribution in [0.1, 0.15) is 37.3 Å². The van der Waals surface area contributed by atoms with Gasteiger partial charge in [-0.3, -0.25) is 14.5 Å². The number of likely N-dealkylation sites (tertiary alicyclic amines) is 1. The van der Waals surface area contributed by atoms with Crippen LogP contribution in [0.25, 0.3) is 11.0 Å². The Labute approximate surface area is 202 Å². The zero-order chi connectivity index (χ0) is 22.8. The van der Waals surface area contributed by atoms with Crippen LogP contribution in [0.3, 0.4) is 0 Å². The predicted molar refractivity (Wildman–Crippen MR) is 132 cm³/mol. The molecule has 1 aromatic carbocycles. The van der Waals surface area contributed by atoms with Gasteiger partial charge in [0, 0.05) is 26.2 Å². The summed E-state index contributed by atoms with van der Waals surface area (Å²) in [6.07, 6.45) is 6.23. The lowest BCUT2D eigenvalue weighted by Crippen LogP contribution is -2.40. The van der Waals surface area contributed by atoms with Crippen molar-refractivity contribution >= 4 is 40.2 Å². The molecule has 0 amide bonds. The minimum atomic E-state index is -0.175. The van der Waals surface area contributed by atoms with Crippen LogP contribution in [0.15, 0.2) is 29.2 Å². The van der Waals surface area contributed by atoms with Crippen molar-refractivity contribution in [3.05, 3.63) is 50.4 Å². The van der Waals surface area contributed by atoms with Crippen molar-refractivity contribution in [1.82, 2.24) is 30.0 Å². The molecule has 2 fully saturated rings. The van der Waals surface area contributed by atoms with Gasteiger partial charge in [-0.05, 0) is 62.4 Å². The molecule has 3 N–H and O–H groups in total. The third-order valence-electron chi connectivity index (χ3n) is 6.78. The molecule has 0 saturated carbocycles. The van der Waals surface area contributed by atoms with Crippen molar-refractivity contribution in [3.8, 4) is 0 Å². The van der Waals surface area contributed by atoms with Crippen LogP contribution in [0, 0.1) is 5.92 Å². The first-order valence-electron chi connectivity index (χ1n) is 11.7. The molecule has 176 valence electrons. The molecular weight excluding hydrogens is 461 g/mol. The zero-order valence-corrected chi connectivity index (χ0v) is 20.0. The summed E-state index contributed by atoms with van der Waals surface area (Å²) in [5.74, 6) is 1.21. The fourth-order valence-corrected chi connectivity index (χ4v) is 5.26. The second-order valence-electron chi connectivity index (χ2n) is 9.06. The molecule has 2 saturated heterocycles. The van der Waals surface area contributed by atoms with Crippen LogP contribution < -0.4 is 16.2 Å². The molecule has 0 radical (unpaired) electrons. The Morgan fingerprint density at radius 1 is 1.09 bits per heavy atom. The molecule has 2 aliphatic heterocycles. The Morgan fingerprint density at radius 2 is 1.88 bits per heavy atom. The number of hydrogen-bond acceptors (Lipinski definition) is 6. The van der Waals surface area contributed by atoms with Crippen molar-refractivity contribution in [2.75, 3.05) is 38.0 Å². The molecule has 2 aromatic heterocycles. The van der Waals surface area contributed by atoms with E-state index < -0.39 is 0 Å². The van der Waals surface area contributed by atoms with Crippen LogP contribution in [-0.4, -0.2) is 57.4 Å². The molecule has 8 nitrogen and oxygen atoms in total. The summed E-state index contributed by atoms with van der Waals surface area (Å²) >= 11 is 12.1. The highest BCUT2D eigenvalue weighted by atomic mass is 35.5. The number of benzene rings is 1. The third kappa shape index (κ3) is 5.19. The Balaban J connectivity index is 1.24. The molecule has 0 unspecified atom stereocenters. The topological polar surface area (TPSA) is 90.9 Å². The number of hydrogen-bond donors (Lipinski definition) is 3. The van der Waals surface area contributed by atoms with E-state index in [1.807, 2.05) is 10.7 Å². The number of aromatic nitrogens is 4. The lowest BCUT2D eigenvalue weighted by atomic mass is 9.96. The van der Waals surface area contributed by atoms with Crippen molar-refractivity contribution in [2.45, 2.75) is 38.3 Å². The molecule has 0 bridgehead atoms. The van der Waals surface area contributed by atoms with Crippen LogP contribution in [0.2, 0.25) is 10.0 Å². The van der Waals surface area contributed by atoms with E-state index in [4.69, 9.17) is 23.2 Å². The molecular formula is C23H29Cl2N7O. The number of piperidine rings is 2. The van der Waals surface area contributed by atoms with Crippen LogP contribution in [-0.2, 0) is 6.54 Å². The summed E-state index contributed by atoms with van der Waals surface area (Å²) in [6.45, 7) is 6.02. The van der Waals surface area contributed by atoms with Crippen LogP contribution in [0.5, 0.6) is 0 Å². The molecule has 0 spiro atoms. The maximum atomic E-state index is 12.9. The summed E-state index contributed by atoms with van der Waals surface area (Å²) in [7, 11) is 0. The van der Waals surface area contributed by atoms with E-state index in [-0.39, 0.29) is 11.6 Å². The number of nitrogens with one attached hydrogen (secondary N) is 3. The molecule has 0 atom stereocenters. The van der Waals surface area contributed by atoms with Gasteiger partial charge in [0.2, 0.25) is 5.95 Å². The van der Waals surface area contributed by atoms with Gasteiger partial charge in [-0.15, -0.1) is 0 Å². The highest BCUT2D eigenvalue weighted by molar-refractivity contribution is 6.42. The monoisotopic (exact) mass is 489 g/mol. The second-order valence-corrected chi connectivity index (χ2v) is 9.88. The van der Waals surface area contributed by atoms with Crippen molar-refractivity contribution in [2.24, 2.45) is 5.92 Å². The first-order chi connectivity index (χ1) is 16.1. The van der Waals surface area contributed by atoms with E-state index >= 15 is 0 Å². The number of rotatable bonds is 6. The van der Waals surface area contributed by atoms with Gasteiger partial charge in [-0.25, -0.2) is 4.98 Å². The van der Waals surface area contributed by atoms with Gasteiger partial charge in [0.05, 0.1) is 22.3 Å². The fraction of sp³-hybridized carbons (Fsp3) is 0.522. The fourth-order valence-electron chi connectivity index (χ4n) is 4.94. The summed E-state index contributed by atoms with van der Waals surface area (Å²) in [5.41, 5.74) is 1.92. The molecule has 0 aliphatic carbocycles. The standard InChI is InChI=1S/C23H29Cl2N7O/c24-18-2-1-16(11-19(18)25)12-27-23-29-20-13-28-32(21(20)22(33)30-23)17-5-9-31(10-6-17)14-15-3-7-26-8-4-15/h1-2,11,13,15,17,26H,3-10,12,14H2,(H2,27,29,30,33). The number of H-pyrrole nitrogens is 1. The van der Waals surface area contributed by atoms with Crippen LogP contribution >= 0.6 is 23.2 Å².